The second kappa shape index (κ2) is 12.4. The molecule has 2 N–H and O–H groups in total. The summed E-state index contributed by atoms with van der Waals surface area (Å²) in [5.74, 6) is -0.992. The Morgan fingerprint density at radius 1 is 0.850 bits per heavy atom. The standard InChI is InChI=1S/C31H30ClN3O4S/c1-21-16-18-25(19-17-21)40(38,39)35(29-15-9-13-27(32)22(29)2)20-30(36)34-28-14-8-7-12-26(28)31(37)33-23(3)24-10-5-4-6-11-24/h4-19,23H,20H2,1-3H3,(H,33,37)(H,34,36)/t23-/m1/s1. The zero-order valence-electron chi connectivity index (χ0n) is 22.4. The maximum absolute atomic E-state index is 13.8. The third kappa shape index (κ3) is 6.52. The van der Waals surface area contributed by atoms with Crippen LogP contribution in [-0.2, 0) is 14.8 Å². The molecule has 1 atom stereocenters. The first-order valence-corrected chi connectivity index (χ1v) is 14.5. The number of carbonyl (C=O) groups excluding carboxylic acids is 2. The molecule has 0 heterocycles. The second-order valence-electron chi connectivity index (χ2n) is 9.41. The molecule has 0 radical (unpaired) electrons. The number of para-hydroxylation sites is 1. The van der Waals surface area contributed by atoms with Gasteiger partial charge in [0.15, 0.2) is 0 Å². The van der Waals surface area contributed by atoms with Crippen molar-refractivity contribution in [3.8, 4) is 0 Å². The van der Waals surface area contributed by atoms with E-state index in [0.29, 0.717) is 10.6 Å². The minimum absolute atomic E-state index is 0.0416. The van der Waals surface area contributed by atoms with Crippen molar-refractivity contribution in [2.45, 2.75) is 31.7 Å². The van der Waals surface area contributed by atoms with Crippen LogP contribution in [0, 0.1) is 13.8 Å². The van der Waals surface area contributed by atoms with Crippen LogP contribution in [0.15, 0.2) is 102 Å². The summed E-state index contributed by atoms with van der Waals surface area (Å²) in [4.78, 5) is 26.5. The number of halogens is 1. The molecule has 0 saturated heterocycles. The lowest BCUT2D eigenvalue weighted by molar-refractivity contribution is -0.114. The average Bonchev–Trinajstić information content (AvgIpc) is 2.94. The third-order valence-corrected chi connectivity index (χ3v) is 8.68. The first kappa shape index (κ1) is 28.9. The molecule has 2 amide bonds. The van der Waals surface area contributed by atoms with Crippen molar-refractivity contribution in [2.24, 2.45) is 0 Å². The van der Waals surface area contributed by atoms with Crippen molar-refractivity contribution in [1.29, 1.82) is 0 Å². The third-order valence-electron chi connectivity index (χ3n) is 6.50. The van der Waals surface area contributed by atoms with Gasteiger partial charge in [-0.3, -0.25) is 13.9 Å². The fourth-order valence-corrected chi connectivity index (χ4v) is 5.86. The van der Waals surface area contributed by atoms with Gasteiger partial charge in [0.05, 0.1) is 27.9 Å². The lowest BCUT2D eigenvalue weighted by Crippen LogP contribution is -2.39. The molecule has 4 aromatic rings. The molecule has 0 aliphatic rings. The zero-order valence-corrected chi connectivity index (χ0v) is 24.0. The summed E-state index contributed by atoms with van der Waals surface area (Å²) in [5.41, 5.74) is 3.16. The van der Waals surface area contributed by atoms with Gasteiger partial charge in [-0.2, -0.15) is 0 Å². The summed E-state index contributed by atoms with van der Waals surface area (Å²) in [7, 11) is -4.14. The molecule has 206 valence electrons. The van der Waals surface area contributed by atoms with Gasteiger partial charge in [-0.1, -0.05) is 77.8 Å². The summed E-state index contributed by atoms with van der Waals surface area (Å²) in [6, 6.07) is 27.1. The number of benzene rings is 4. The minimum Gasteiger partial charge on any atom is -0.345 e. The van der Waals surface area contributed by atoms with Crippen LogP contribution in [0.25, 0.3) is 0 Å². The van der Waals surface area contributed by atoms with Gasteiger partial charge in [0.1, 0.15) is 6.54 Å². The predicted molar refractivity (Wildman–Crippen MR) is 159 cm³/mol. The number of nitrogens with zero attached hydrogens (tertiary/aromatic N) is 1. The lowest BCUT2D eigenvalue weighted by atomic mass is 10.1. The van der Waals surface area contributed by atoms with Crippen LogP contribution in [0.5, 0.6) is 0 Å². The SMILES string of the molecule is Cc1ccc(S(=O)(=O)N(CC(=O)Nc2ccccc2C(=O)N[C@H](C)c2ccccc2)c2cccc(Cl)c2C)cc1. The summed E-state index contributed by atoms with van der Waals surface area (Å²) in [6.45, 7) is 4.89. The Morgan fingerprint density at radius 3 is 2.20 bits per heavy atom. The van der Waals surface area contributed by atoms with Crippen LogP contribution < -0.4 is 14.9 Å². The predicted octanol–water partition coefficient (Wildman–Crippen LogP) is 6.28. The summed E-state index contributed by atoms with van der Waals surface area (Å²) in [6.07, 6.45) is 0. The Bertz CT molecular complexity index is 1620. The van der Waals surface area contributed by atoms with E-state index in [0.717, 1.165) is 15.4 Å². The van der Waals surface area contributed by atoms with Crippen LogP contribution in [-0.4, -0.2) is 26.8 Å². The van der Waals surface area contributed by atoms with E-state index in [1.165, 1.54) is 12.1 Å². The summed E-state index contributed by atoms with van der Waals surface area (Å²) < 4.78 is 28.6. The Morgan fingerprint density at radius 2 is 1.50 bits per heavy atom. The zero-order chi connectivity index (χ0) is 28.9. The molecule has 40 heavy (non-hydrogen) atoms. The number of nitrogens with one attached hydrogen (secondary N) is 2. The van der Waals surface area contributed by atoms with E-state index in [-0.39, 0.29) is 33.8 Å². The number of anilines is 2. The molecule has 4 rings (SSSR count). The van der Waals surface area contributed by atoms with E-state index >= 15 is 0 Å². The molecule has 0 aliphatic heterocycles. The van der Waals surface area contributed by atoms with Crippen molar-refractivity contribution < 1.29 is 18.0 Å². The Labute approximate surface area is 239 Å². The second-order valence-corrected chi connectivity index (χ2v) is 11.7. The van der Waals surface area contributed by atoms with E-state index in [4.69, 9.17) is 11.6 Å². The molecule has 0 aliphatic carbocycles. The van der Waals surface area contributed by atoms with Crippen molar-refractivity contribution in [1.82, 2.24) is 5.32 Å². The Hall–Kier alpha value is -4.14. The quantitative estimate of drug-likeness (QED) is 0.245. The number of hydrogen-bond acceptors (Lipinski definition) is 4. The van der Waals surface area contributed by atoms with Crippen LogP contribution in [0.2, 0.25) is 5.02 Å². The largest absolute Gasteiger partial charge is 0.345 e. The first-order valence-electron chi connectivity index (χ1n) is 12.7. The van der Waals surface area contributed by atoms with Crippen LogP contribution in [0.1, 0.15) is 40.0 Å². The number of hydrogen-bond donors (Lipinski definition) is 2. The van der Waals surface area contributed by atoms with E-state index in [1.807, 2.05) is 44.2 Å². The minimum atomic E-state index is -4.14. The Kier molecular flexibility index (Phi) is 8.92. The van der Waals surface area contributed by atoms with Crippen molar-refractivity contribution in [2.75, 3.05) is 16.2 Å². The fraction of sp³-hybridized carbons (Fsp3) is 0.161. The summed E-state index contributed by atoms with van der Waals surface area (Å²) in [5, 5.41) is 6.05. The maximum Gasteiger partial charge on any atom is 0.264 e. The van der Waals surface area contributed by atoms with Gasteiger partial charge in [0.2, 0.25) is 5.91 Å². The normalized spacial score (nSPS) is 11.9. The number of carbonyl (C=O) groups is 2. The van der Waals surface area contributed by atoms with Gasteiger partial charge < -0.3 is 10.6 Å². The molecule has 0 aromatic heterocycles. The molecule has 0 fully saturated rings. The molecular formula is C31H30ClN3O4S. The van der Waals surface area contributed by atoms with Gasteiger partial charge in [0.25, 0.3) is 15.9 Å². The van der Waals surface area contributed by atoms with E-state index in [9.17, 15) is 18.0 Å². The lowest BCUT2D eigenvalue weighted by Gasteiger charge is -2.26. The number of aryl methyl sites for hydroxylation is 1. The highest BCUT2D eigenvalue weighted by Gasteiger charge is 2.29. The van der Waals surface area contributed by atoms with Crippen LogP contribution in [0.4, 0.5) is 11.4 Å². The highest BCUT2D eigenvalue weighted by atomic mass is 35.5. The molecule has 0 unspecified atom stereocenters. The molecule has 0 bridgehead atoms. The molecule has 7 nitrogen and oxygen atoms in total. The van der Waals surface area contributed by atoms with Gasteiger partial charge in [-0.05, 0) is 68.3 Å². The van der Waals surface area contributed by atoms with Gasteiger partial charge in [-0.15, -0.1) is 0 Å². The highest BCUT2D eigenvalue weighted by molar-refractivity contribution is 7.92. The first-order chi connectivity index (χ1) is 19.1. The maximum atomic E-state index is 13.8. The summed E-state index contributed by atoms with van der Waals surface area (Å²) >= 11 is 6.32. The van der Waals surface area contributed by atoms with Crippen molar-refractivity contribution in [3.63, 3.8) is 0 Å². The molecular weight excluding hydrogens is 546 g/mol. The van der Waals surface area contributed by atoms with E-state index in [2.05, 4.69) is 10.6 Å². The van der Waals surface area contributed by atoms with Crippen LogP contribution in [0.3, 0.4) is 0 Å². The van der Waals surface area contributed by atoms with E-state index in [1.54, 1.807) is 61.5 Å². The van der Waals surface area contributed by atoms with Crippen molar-refractivity contribution in [3.05, 3.63) is 124 Å². The molecule has 0 saturated carbocycles. The monoisotopic (exact) mass is 575 g/mol. The number of rotatable bonds is 9. The van der Waals surface area contributed by atoms with Crippen LogP contribution >= 0.6 is 11.6 Å². The van der Waals surface area contributed by atoms with Crippen molar-refractivity contribution >= 4 is 44.8 Å². The number of amides is 2. The van der Waals surface area contributed by atoms with Gasteiger partial charge in [-0.25, -0.2) is 8.42 Å². The smallest absolute Gasteiger partial charge is 0.264 e. The number of sulfonamides is 1. The van der Waals surface area contributed by atoms with E-state index < -0.39 is 22.5 Å². The van der Waals surface area contributed by atoms with Gasteiger partial charge >= 0.3 is 0 Å². The Balaban J connectivity index is 1.61. The van der Waals surface area contributed by atoms with Gasteiger partial charge in [0, 0.05) is 5.02 Å². The molecule has 0 spiro atoms. The highest BCUT2D eigenvalue weighted by Crippen LogP contribution is 2.31. The topological polar surface area (TPSA) is 95.6 Å². The fourth-order valence-electron chi connectivity index (χ4n) is 4.21. The molecule has 4 aromatic carbocycles. The average molecular weight is 576 g/mol. The molecule has 9 heteroatoms.